The predicted octanol–water partition coefficient (Wildman–Crippen LogP) is 2.85. The molecule has 0 amide bonds. The minimum absolute atomic E-state index is 0.496. The lowest BCUT2D eigenvalue weighted by atomic mass is 10.0. The fourth-order valence-corrected chi connectivity index (χ4v) is 2.44. The molecule has 2 atom stereocenters. The zero-order valence-electron chi connectivity index (χ0n) is 9.71. The van der Waals surface area contributed by atoms with E-state index in [9.17, 15) is 0 Å². The van der Waals surface area contributed by atoms with Crippen LogP contribution in [-0.4, -0.2) is 13.7 Å². The first-order valence-corrected chi connectivity index (χ1v) is 5.70. The molecular formula is C13H19NO. The molecule has 0 spiro atoms. The van der Waals surface area contributed by atoms with Crippen LogP contribution in [0.1, 0.15) is 43.4 Å². The zero-order chi connectivity index (χ0) is 10.8. The van der Waals surface area contributed by atoms with Gasteiger partial charge in [0.2, 0.25) is 0 Å². The fraction of sp³-hybridized carbons (Fsp3) is 0.538. The summed E-state index contributed by atoms with van der Waals surface area (Å²) in [5, 5.41) is 3.36. The first-order chi connectivity index (χ1) is 7.26. The third kappa shape index (κ3) is 1.86. The summed E-state index contributed by atoms with van der Waals surface area (Å²) in [5.41, 5.74) is 2.88. The summed E-state index contributed by atoms with van der Waals surface area (Å²) in [7, 11) is 2.03. The van der Waals surface area contributed by atoms with Crippen molar-refractivity contribution in [3.8, 4) is 5.75 Å². The topological polar surface area (TPSA) is 21.3 Å². The monoisotopic (exact) mass is 205 g/mol. The maximum atomic E-state index is 5.53. The summed E-state index contributed by atoms with van der Waals surface area (Å²) < 4.78 is 5.53. The number of benzene rings is 1. The lowest BCUT2D eigenvalue weighted by molar-refractivity contribution is 0.339. The van der Waals surface area contributed by atoms with Crippen molar-refractivity contribution in [3.05, 3.63) is 29.3 Å². The van der Waals surface area contributed by atoms with Crippen LogP contribution in [0.5, 0.6) is 5.75 Å². The van der Waals surface area contributed by atoms with E-state index in [0.29, 0.717) is 12.0 Å². The van der Waals surface area contributed by atoms with E-state index in [0.717, 1.165) is 12.4 Å². The molecule has 15 heavy (non-hydrogen) atoms. The smallest absolute Gasteiger partial charge is 0.119 e. The molecule has 0 heterocycles. The molecule has 0 fully saturated rings. The van der Waals surface area contributed by atoms with Crippen LogP contribution in [0.4, 0.5) is 0 Å². The Hall–Kier alpha value is -1.02. The van der Waals surface area contributed by atoms with E-state index in [4.69, 9.17) is 4.74 Å². The summed E-state index contributed by atoms with van der Waals surface area (Å²) >= 11 is 0. The van der Waals surface area contributed by atoms with Crippen LogP contribution in [-0.2, 0) is 0 Å². The molecule has 2 heteroatoms. The van der Waals surface area contributed by atoms with Gasteiger partial charge in [0.25, 0.3) is 0 Å². The minimum atomic E-state index is 0.496. The van der Waals surface area contributed by atoms with Gasteiger partial charge < -0.3 is 10.1 Å². The summed E-state index contributed by atoms with van der Waals surface area (Å²) in [6, 6.07) is 6.97. The van der Waals surface area contributed by atoms with Gasteiger partial charge in [-0.05, 0) is 49.6 Å². The van der Waals surface area contributed by atoms with Crippen molar-refractivity contribution in [2.24, 2.45) is 0 Å². The second kappa shape index (κ2) is 4.23. The van der Waals surface area contributed by atoms with E-state index in [1.54, 1.807) is 0 Å². The molecule has 0 bridgehead atoms. The van der Waals surface area contributed by atoms with Gasteiger partial charge in [-0.1, -0.05) is 13.0 Å². The van der Waals surface area contributed by atoms with Crippen LogP contribution < -0.4 is 10.1 Å². The number of rotatable bonds is 3. The zero-order valence-corrected chi connectivity index (χ0v) is 9.71. The lowest BCUT2D eigenvalue weighted by Crippen LogP contribution is -2.13. The standard InChI is InChI=1S/C13H19NO/c1-4-15-10-5-6-11-9(2)7-13(14-3)12(11)8-10/h5-6,8-9,13-14H,4,7H2,1-3H3. The van der Waals surface area contributed by atoms with Crippen molar-refractivity contribution in [1.29, 1.82) is 0 Å². The van der Waals surface area contributed by atoms with E-state index in [2.05, 4.69) is 30.4 Å². The van der Waals surface area contributed by atoms with Gasteiger partial charge in [-0.15, -0.1) is 0 Å². The molecule has 0 aliphatic heterocycles. The normalized spacial score (nSPS) is 23.9. The predicted molar refractivity (Wildman–Crippen MR) is 62.4 cm³/mol. The summed E-state index contributed by atoms with van der Waals surface area (Å²) in [6.07, 6.45) is 1.20. The first-order valence-electron chi connectivity index (χ1n) is 5.70. The Balaban J connectivity index is 2.33. The molecule has 0 saturated heterocycles. The maximum absolute atomic E-state index is 5.53. The molecule has 0 saturated carbocycles. The van der Waals surface area contributed by atoms with Crippen LogP contribution in [0.2, 0.25) is 0 Å². The van der Waals surface area contributed by atoms with Crippen molar-refractivity contribution >= 4 is 0 Å². The van der Waals surface area contributed by atoms with Crippen molar-refractivity contribution in [1.82, 2.24) is 5.32 Å². The molecule has 1 aliphatic rings. The average molecular weight is 205 g/mol. The van der Waals surface area contributed by atoms with Gasteiger partial charge in [0.1, 0.15) is 5.75 Å². The highest BCUT2D eigenvalue weighted by molar-refractivity contribution is 5.43. The SMILES string of the molecule is CCOc1ccc2c(c1)C(NC)CC2C. The largest absolute Gasteiger partial charge is 0.494 e. The highest BCUT2D eigenvalue weighted by Crippen LogP contribution is 2.41. The highest BCUT2D eigenvalue weighted by atomic mass is 16.5. The summed E-state index contributed by atoms with van der Waals surface area (Å²) in [4.78, 5) is 0. The van der Waals surface area contributed by atoms with Crippen molar-refractivity contribution in [2.75, 3.05) is 13.7 Å². The molecular weight excluding hydrogens is 186 g/mol. The molecule has 2 nitrogen and oxygen atoms in total. The highest BCUT2D eigenvalue weighted by Gasteiger charge is 2.27. The van der Waals surface area contributed by atoms with E-state index in [1.165, 1.54) is 17.5 Å². The van der Waals surface area contributed by atoms with Crippen LogP contribution >= 0.6 is 0 Å². The Kier molecular flexibility index (Phi) is 2.96. The molecule has 2 unspecified atom stereocenters. The number of hydrogen-bond donors (Lipinski definition) is 1. The third-order valence-electron chi connectivity index (χ3n) is 3.21. The molecule has 0 radical (unpaired) electrons. The Morgan fingerprint density at radius 1 is 1.40 bits per heavy atom. The molecule has 0 aromatic heterocycles. The van der Waals surface area contributed by atoms with Gasteiger partial charge in [-0.25, -0.2) is 0 Å². The van der Waals surface area contributed by atoms with E-state index >= 15 is 0 Å². The quantitative estimate of drug-likeness (QED) is 0.819. The lowest BCUT2D eigenvalue weighted by Gasteiger charge is -2.11. The molecule has 1 aromatic carbocycles. The first kappa shape index (κ1) is 10.5. The Morgan fingerprint density at radius 3 is 2.87 bits per heavy atom. The van der Waals surface area contributed by atoms with Crippen LogP contribution in [0, 0.1) is 0 Å². The van der Waals surface area contributed by atoms with Crippen molar-refractivity contribution in [2.45, 2.75) is 32.2 Å². The maximum Gasteiger partial charge on any atom is 0.119 e. The number of hydrogen-bond acceptors (Lipinski definition) is 2. The fourth-order valence-electron chi connectivity index (χ4n) is 2.44. The van der Waals surface area contributed by atoms with Gasteiger partial charge in [0.15, 0.2) is 0 Å². The molecule has 82 valence electrons. The second-order valence-electron chi connectivity index (χ2n) is 4.20. The molecule has 2 rings (SSSR count). The van der Waals surface area contributed by atoms with Crippen molar-refractivity contribution < 1.29 is 4.74 Å². The van der Waals surface area contributed by atoms with Crippen LogP contribution in [0.3, 0.4) is 0 Å². The minimum Gasteiger partial charge on any atom is -0.494 e. The van der Waals surface area contributed by atoms with E-state index in [-0.39, 0.29) is 0 Å². The number of fused-ring (bicyclic) bond motifs is 1. The Bertz CT molecular complexity index is 348. The van der Waals surface area contributed by atoms with Gasteiger partial charge in [0.05, 0.1) is 6.61 Å². The molecule has 1 aliphatic carbocycles. The Labute approximate surface area is 91.6 Å². The van der Waals surface area contributed by atoms with Gasteiger partial charge in [0, 0.05) is 6.04 Å². The summed E-state index contributed by atoms with van der Waals surface area (Å²) in [6.45, 7) is 5.04. The van der Waals surface area contributed by atoms with Gasteiger partial charge >= 0.3 is 0 Å². The van der Waals surface area contributed by atoms with Gasteiger partial charge in [-0.3, -0.25) is 0 Å². The molecule has 1 N–H and O–H groups in total. The third-order valence-corrected chi connectivity index (χ3v) is 3.21. The van der Waals surface area contributed by atoms with E-state index < -0.39 is 0 Å². The van der Waals surface area contributed by atoms with Crippen molar-refractivity contribution in [3.63, 3.8) is 0 Å². The number of nitrogens with one attached hydrogen (secondary N) is 1. The number of ether oxygens (including phenoxy) is 1. The van der Waals surface area contributed by atoms with Crippen LogP contribution in [0.15, 0.2) is 18.2 Å². The van der Waals surface area contributed by atoms with Gasteiger partial charge in [-0.2, -0.15) is 0 Å². The average Bonchev–Trinajstić information content (AvgIpc) is 2.56. The summed E-state index contributed by atoms with van der Waals surface area (Å²) in [5.74, 6) is 1.65. The Morgan fingerprint density at radius 2 is 2.20 bits per heavy atom. The van der Waals surface area contributed by atoms with E-state index in [1.807, 2.05) is 14.0 Å². The molecule has 1 aromatic rings. The second-order valence-corrected chi connectivity index (χ2v) is 4.20. The van der Waals surface area contributed by atoms with Crippen LogP contribution in [0.25, 0.3) is 0 Å².